The molecular weight excluding hydrogens is 354 g/mol. The van der Waals surface area contributed by atoms with Crippen molar-refractivity contribution in [2.75, 3.05) is 5.75 Å². The molecule has 3 heterocycles. The number of thioether (sulfide) groups is 1. The van der Waals surface area contributed by atoms with E-state index in [0.29, 0.717) is 11.8 Å². The number of rotatable bonds is 7. The molecule has 0 amide bonds. The van der Waals surface area contributed by atoms with Crippen LogP contribution in [-0.4, -0.2) is 36.3 Å². The summed E-state index contributed by atoms with van der Waals surface area (Å²) >= 11 is 3.16. The molecule has 6 nitrogen and oxygen atoms in total. The van der Waals surface area contributed by atoms with Crippen LogP contribution in [0.5, 0.6) is 0 Å². The molecule has 1 saturated carbocycles. The molecular formula is C17H19N5OS2. The maximum absolute atomic E-state index is 12.7. The zero-order chi connectivity index (χ0) is 17.4. The van der Waals surface area contributed by atoms with Crippen LogP contribution in [0.2, 0.25) is 0 Å². The summed E-state index contributed by atoms with van der Waals surface area (Å²) in [5.41, 5.74) is 2.94. The van der Waals surface area contributed by atoms with E-state index in [9.17, 15) is 4.79 Å². The van der Waals surface area contributed by atoms with Crippen molar-refractivity contribution >= 4 is 28.9 Å². The number of aromatic nitrogens is 5. The van der Waals surface area contributed by atoms with Gasteiger partial charge in [0.25, 0.3) is 0 Å². The molecule has 25 heavy (non-hydrogen) atoms. The number of carbonyl (C=O) groups excluding carboxylic acids is 1. The Hall–Kier alpha value is -1.93. The lowest BCUT2D eigenvalue weighted by molar-refractivity contribution is 0.102. The number of thiophene rings is 1. The van der Waals surface area contributed by atoms with Crippen molar-refractivity contribution < 1.29 is 4.79 Å². The molecule has 0 aliphatic heterocycles. The van der Waals surface area contributed by atoms with E-state index >= 15 is 0 Å². The number of ketones is 1. The van der Waals surface area contributed by atoms with E-state index < -0.39 is 0 Å². The molecule has 130 valence electrons. The summed E-state index contributed by atoms with van der Waals surface area (Å²) in [6.45, 7) is 4.89. The van der Waals surface area contributed by atoms with Crippen molar-refractivity contribution in [2.45, 2.75) is 44.4 Å². The number of tetrazole rings is 1. The van der Waals surface area contributed by atoms with Crippen LogP contribution in [0.25, 0.3) is 0 Å². The Morgan fingerprint density at radius 1 is 1.40 bits per heavy atom. The molecule has 8 heteroatoms. The summed E-state index contributed by atoms with van der Waals surface area (Å²) in [5, 5.41) is 14.6. The van der Waals surface area contributed by atoms with E-state index in [0.717, 1.165) is 41.5 Å². The SMILES string of the molecule is Cc1cc(C(=O)CSc2nnnn2C2CC2)c(C)n1Cc1cccs1. The third-order valence-electron chi connectivity index (χ3n) is 4.46. The minimum atomic E-state index is 0.126. The summed E-state index contributed by atoms with van der Waals surface area (Å²) in [6.07, 6.45) is 2.24. The Morgan fingerprint density at radius 3 is 2.96 bits per heavy atom. The van der Waals surface area contributed by atoms with Crippen LogP contribution >= 0.6 is 23.1 Å². The van der Waals surface area contributed by atoms with Gasteiger partial charge in [-0.1, -0.05) is 17.8 Å². The summed E-state index contributed by atoms with van der Waals surface area (Å²) in [4.78, 5) is 14.0. The number of aryl methyl sites for hydroxylation is 1. The van der Waals surface area contributed by atoms with Gasteiger partial charge in [0.15, 0.2) is 5.78 Å². The third-order valence-corrected chi connectivity index (χ3v) is 6.25. The van der Waals surface area contributed by atoms with Crippen molar-refractivity contribution in [1.82, 2.24) is 24.8 Å². The molecule has 0 saturated heterocycles. The first-order valence-corrected chi connectivity index (χ1v) is 10.1. The number of carbonyl (C=O) groups is 1. The lowest BCUT2D eigenvalue weighted by Crippen LogP contribution is -2.08. The van der Waals surface area contributed by atoms with E-state index in [4.69, 9.17) is 0 Å². The molecule has 0 unspecified atom stereocenters. The Labute approximate surface area is 154 Å². The number of hydrogen-bond acceptors (Lipinski definition) is 6. The van der Waals surface area contributed by atoms with Crippen molar-refractivity contribution in [2.24, 2.45) is 0 Å². The van der Waals surface area contributed by atoms with Crippen LogP contribution < -0.4 is 0 Å². The van der Waals surface area contributed by atoms with E-state index in [1.54, 1.807) is 11.3 Å². The monoisotopic (exact) mass is 373 g/mol. The lowest BCUT2D eigenvalue weighted by Gasteiger charge is -2.08. The quantitative estimate of drug-likeness (QED) is 0.468. The molecule has 0 aromatic carbocycles. The van der Waals surface area contributed by atoms with Crippen LogP contribution in [-0.2, 0) is 6.54 Å². The molecule has 1 aliphatic rings. The standard InChI is InChI=1S/C17H19N5OS2/c1-11-8-15(12(2)21(11)9-14-4-3-7-24-14)16(23)10-25-17-18-19-20-22(17)13-5-6-13/h3-4,7-8,13H,5-6,9-10H2,1-2H3. The van der Waals surface area contributed by atoms with Crippen molar-refractivity contribution in [1.29, 1.82) is 0 Å². The highest BCUT2D eigenvalue weighted by Gasteiger charge is 2.28. The van der Waals surface area contributed by atoms with Gasteiger partial charge in [0.2, 0.25) is 5.16 Å². The van der Waals surface area contributed by atoms with E-state index in [2.05, 4.69) is 44.5 Å². The van der Waals surface area contributed by atoms with Gasteiger partial charge in [-0.3, -0.25) is 4.79 Å². The second kappa shape index (κ2) is 6.76. The Morgan fingerprint density at radius 2 is 2.24 bits per heavy atom. The maximum atomic E-state index is 12.7. The smallest absolute Gasteiger partial charge is 0.210 e. The lowest BCUT2D eigenvalue weighted by atomic mass is 10.2. The molecule has 1 aliphatic carbocycles. The zero-order valence-electron chi connectivity index (χ0n) is 14.2. The first-order valence-electron chi connectivity index (χ1n) is 8.26. The Bertz CT molecular complexity index is 892. The van der Waals surface area contributed by atoms with Crippen molar-refractivity contribution in [3.63, 3.8) is 0 Å². The number of nitrogens with zero attached hydrogens (tertiary/aromatic N) is 5. The molecule has 0 spiro atoms. The van der Waals surface area contributed by atoms with Gasteiger partial charge in [0, 0.05) is 21.8 Å². The molecule has 0 radical (unpaired) electrons. The molecule has 0 atom stereocenters. The van der Waals surface area contributed by atoms with Crippen molar-refractivity contribution in [3.8, 4) is 0 Å². The number of hydrogen-bond donors (Lipinski definition) is 0. The summed E-state index contributed by atoms with van der Waals surface area (Å²) < 4.78 is 4.05. The zero-order valence-corrected chi connectivity index (χ0v) is 15.8. The topological polar surface area (TPSA) is 65.6 Å². The van der Waals surface area contributed by atoms with Gasteiger partial charge in [0.05, 0.1) is 18.3 Å². The molecule has 0 bridgehead atoms. The molecule has 3 aromatic rings. The highest BCUT2D eigenvalue weighted by Crippen LogP contribution is 2.36. The van der Waals surface area contributed by atoms with Gasteiger partial charge in [-0.2, -0.15) is 0 Å². The minimum Gasteiger partial charge on any atom is -0.343 e. The van der Waals surface area contributed by atoms with Gasteiger partial charge in [0.1, 0.15) is 0 Å². The normalized spacial score (nSPS) is 14.2. The van der Waals surface area contributed by atoms with Gasteiger partial charge < -0.3 is 4.57 Å². The molecule has 3 aromatic heterocycles. The molecule has 1 fully saturated rings. The van der Waals surface area contributed by atoms with E-state index in [1.807, 2.05) is 17.7 Å². The average molecular weight is 374 g/mol. The van der Waals surface area contributed by atoms with Crippen LogP contribution in [0.15, 0.2) is 28.7 Å². The first kappa shape index (κ1) is 16.5. The van der Waals surface area contributed by atoms with Crippen LogP contribution in [0, 0.1) is 13.8 Å². The third kappa shape index (κ3) is 3.41. The fourth-order valence-corrected chi connectivity index (χ4v) is 4.44. The molecule has 4 rings (SSSR count). The largest absolute Gasteiger partial charge is 0.343 e. The number of Topliss-reactive ketones (excluding diaryl/α,β-unsaturated/α-hetero) is 1. The fourth-order valence-electron chi connectivity index (χ4n) is 2.92. The second-order valence-electron chi connectivity index (χ2n) is 6.30. The van der Waals surface area contributed by atoms with Gasteiger partial charge in [-0.25, -0.2) is 4.68 Å². The summed E-state index contributed by atoms with van der Waals surface area (Å²) in [6, 6.07) is 6.60. The molecule has 0 N–H and O–H groups in total. The summed E-state index contributed by atoms with van der Waals surface area (Å²) in [7, 11) is 0. The van der Waals surface area contributed by atoms with Crippen LogP contribution in [0.4, 0.5) is 0 Å². The minimum absolute atomic E-state index is 0.126. The van der Waals surface area contributed by atoms with Crippen LogP contribution in [0.3, 0.4) is 0 Å². The second-order valence-corrected chi connectivity index (χ2v) is 8.27. The highest BCUT2D eigenvalue weighted by molar-refractivity contribution is 7.99. The van der Waals surface area contributed by atoms with Gasteiger partial charge >= 0.3 is 0 Å². The highest BCUT2D eigenvalue weighted by atomic mass is 32.2. The summed E-state index contributed by atoms with van der Waals surface area (Å²) in [5.74, 6) is 0.483. The van der Waals surface area contributed by atoms with E-state index in [-0.39, 0.29) is 5.78 Å². The first-order chi connectivity index (χ1) is 12.1. The average Bonchev–Trinajstić information content (AvgIpc) is 3.02. The van der Waals surface area contributed by atoms with E-state index in [1.165, 1.54) is 16.6 Å². The predicted octanol–water partition coefficient (Wildman–Crippen LogP) is 3.51. The van der Waals surface area contributed by atoms with Crippen LogP contribution in [0.1, 0.15) is 45.5 Å². The maximum Gasteiger partial charge on any atom is 0.210 e. The Balaban J connectivity index is 1.47. The van der Waals surface area contributed by atoms with Gasteiger partial charge in [-0.15, -0.1) is 16.4 Å². The van der Waals surface area contributed by atoms with Gasteiger partial charge in [-0.05, 0) is 54.6 Å². The fraction of sp³-hybridized carbons (Fsp3) is 0.412. The van der Waals surface area contributed by atoms with Crippen molar-refractivity contribution in [3.05, 3.63) is 45.4 Å². The Kier molecular flexibility index (Phi) is 4.47. The predicted molar refractivity (Wildman–Crippen MR) is 98.5 cm³/mol.